The summed E-state index contributed by atoms with van der Waals surface area (Å²) >= 11 is 0. The van der Waals surface area contributed by atoms with E-state index >= 15 is 0 Å². The number of hydrogen-bond acceptors (Lipinski definition) is 4. The van der Waals surface area contributed by atoms with Crippen molar-refractivity contribution in [3.63, 3.8) is 0 Å². The van der Waals surface area contributed by atoms with Crippen molar-refractivity contribution in [2.75, 3.05) is 25.6 Å². The standard InChI is InChI=1S/C19H21NO3/c1-14(15-7-9-16(10-8-15)19(22)23-2)17-5-3-6-18(13-17)20-11-4-12-21/h3,5-10,13,20-21H,1,4,11-12H2,2H3. The molecule has 0 aliphatic rings. The van der Waals surface area contributed by atoms with Crippen molar-refractivity contribution in [2.24, 2.45) is 0 Å². The van der Waals surface area contributed by atoms with Gasteiger partial charge < -0.3 is 15.2 Å². The Kier molecular flexibility index (Phi) is 5.94. The summed E-state index contributed by atoms with van der Waals surface area (Å²) in [6, 6.07) is 15.1. The van der Waals surface area contributed by atoms with Gasteiger partial charge in [0.15, 0.2) is 0 Å². The van der Waals surface area contributed by atoms with Crippen molar-refractivity contribution < 1.29 is 14.6 Å². The van der Waals surface area contributed by atoms with Gasteiger partial charge in [0, 0.05) is 18.8 Å². The van der Waals surface area contributed by atoms with Crippen LogP contribution in [0.5, 0.6) is 0 Å². The smallest absolute Gasteiger partial charge is 0.337 e. The number of esters is 1. The summed E-state index contributed by atoms with van der Waals surface area (Å²) in [5.74, 6) is -0.350. The average molecular weight is 311 g/mol. The first-order chi connectivity index (χ1) is 11.2. The monoisotopic (exact) mass is 311 g/mol. The molecule has 0 aromatic heterocycles. The number of aliphatic hydroxyl groups is 1. The lowest BCUT2D eigenvalue weighted by Crippen LogP contribution is -2.03. The van der Waals surface area contributed by atoms with Gasteiger partial charge in [-0.1, -0.05) is 30.8 Å². The van der Waals surface area contributed by atoms with E-state index in [0.29, 0.717) is 12.0 Å². The van der Waals surface area contributed by atoms with Crippen LogP contribution in [0.25, 0.3) is 5.57 Å². The van der Waals surface area contributed by atoms with Gasteiger partial charge in [0.1, 0.15) is 0 Å². The van der Waals surface area contributed by atoms with Crippen molar-refractivity contribution in [3.05, 3.63) is 71.8 Å². The number of hydrogen-bond donors (Lipinski definition) is 2. The number of aliphatic hydroxyl groups excluding tert-OH is 1. The number of benzene rings is 2. The zero-order chi connectivity index (χ0) is 16.7. The lowest BCUT2D eigenvalue weighted by atomic mass is 9.98. The van der Waals surface area contributed by atoms with Gasteiger partial charge in [0.25, 0.3) is 0 Å². The third kappa shape index (κ3) is 4.44. The molecule has 120 valence electrons. The Morgan fingerprint density at radius 2 is 1.83 bits per heavy atom. The number of carbonyl (C=O) groups is 1. The minimum Gasteiger partial charge on any atom is -0.465 e. The SMILES string of the molecule is C=C(c1ccc(C(=O)OC)cc1)c1cccc(NCCCO)c1. The van der Waals surface area contributed by atoms with Gasteiger partial charge in [-0.2, -0.15) is 0 Å². The fourth-order valence-electron chi connectivity index (χ4n) is 2.22. The first kappa shape index (κ1) is 16.8. The van der Waals surface area contributed by atoms with Crippen LogP contribution in [0.15, 0.2) is 55.1 Å². The van der Waals surface area contributed by atoms with Crippen LogP contribution in [0.4, 0.5) is 5.69 Å². The molecule has 4 heteroatoms. The van der Waals surface area contributed by atoms with Crippen LogP contribution < -0.4 is 5.32 Å². The molecule has 0 unspecified atom stereocenters. The maximum Gasteiger partial charge on any atom is 0.337 e. The molecule has 0 aliphatic heterocycles. The van der Waals surface area contributed by atoms with Gasteiger partial charge in [-0.3, -0.25) is 0 Å². The summed E-state index contributed by atoms with van der Waals surface area (Å²) in [6.07, 6.45) is 0.708. The molecular formula is C19H21NO3. The van der Waals surface area contributed by atoms with Gasteiger partial charge in [-0.05, 0) is 47.4 Å². The molecule has 0 fully saturated rings. The van der Waals surface area contributed by atoms with Crippen LogP contribution >= 0.6 is 0 Å². The Balaban J connectivity index is 2.13. The minimum atomic E-state index is -0.350. The van der Waals surface area contributed by atoms with E-state index in [2.05, 4.69) is 11.9 Å². The van der Waals surface area contributed by atoms with Crippen molar-refractivity contribution in [1.82, 2.24) is 0 Å². The van der Waals surface area contributed by atoms with Crippen LogP contribution in [0.2, 0.25) is 0 Å². The number of ether oxygens (including phenoxy) is 1. The Hall–Kier alpha value is -2.59. The normalized spacial score (nSPS) is 10.2. The van der Waals surface area contributed by atoms with E-state index in [0.717, 1.165) is 28.9 Å². The number of nitrogens with one attached hydrogen (secondary N) is 1. The van der Waals surface area contributed by atoms with E-state index in [9.17, 15) is 4.79 Å². The highest BCUT2D eigenvalue weighted by atomic mass is 16.5. The Bertz CT molecular complexity index is 677. The van der Waals surface area contributed by atoms with Crippen molar-refractivity contribution in [3.8, 4) is 0 Å². The fraction of sp³-hybridized carbons (Fsp3) is 0.211. The second-order valence-electron chi connectivity index (χ2n) is 5.13. The number of methoxy groups -OCH3 is 1. The lowest BCUT2D eigenvalue weighted by molar-refractivity contribution is 0.0600. The molecule has 0 heterocycles. The molecule has 2 aromatic rings. The average Bonchev–Trinajstić information content (AvgIpc) is 2.61. The molecule has 0 amide bonds. The van der Waals surface area contributed by atoms with E-state index < -0.39 is 0 Å². The second-order valence-corrected chi connectivity index (χ2v) is 5.13. The molecule has 0 aliphatic carbocycles. The summed E-state index contributed by atoms with van der Waals surface area (Å²) in [6.45, 7) is 5.04. The van der Waals surface area contributed by atoms with Crippen molar-refractivity contribution in [1.29, 1.82) is 0 Å². The first-order valence-corrected chi connectivity index (χ1v) is 7.48. The third-order valence-electron chi connectivity index (χ3n) is 3.53. The van der Waals surface area contributed by atoms with Gasteiger partial charge >= 0.3 is 5.97 Å². The highest BCUT2D eigenvalue weighted by Gasteiger charge is 2.07. The Morgan fingerprint density at radius 3 is 2.48 bits per heavy atom. The first-order valence-electron chi connectivity index (χ1n) is 7.48. The lowest BCUT2D eigenvalue weighted by Gasteiger charge is -2.10. The largest absolute Gasteiger partial charge is 0.465 e. The van der Waals surface area contributed by atoms with Gasteiger partial charge in [-0.25, -0.2) is 4.79 Å². The van der Waals surface area contributed by atoms with E-state index in [1.807, 2.05) is 36.4 Å². The fourth-order valence-corrected chi connectivity index (χ4v) is 2.22. The predicted octanol–water partition coefficient (Wildman–Crippen LogP) is 3.33. The minimum absolute atomic E-state index is 0.173. The van der Waals surface area contributed by atoms with Crippen LogP contribution in [0.1, 0.15) is 27.9 Å². The zero-order valence-electron chi connectivity index (χ0n) is 13.2. The molecule has 0 spiro atoms. The molecule has 0 radical (unpaired) electrons. The van der Waals surface area contributed by atoms with E-state index in [4.69, 9.17) is 9.84 Å². The Labute approximate surface area is 136 Å². The van der Waals surface area contributed by atoms with E-state index in [1.54, 1.807) is 12.1 Å². The maximum absolute atomic E-state index is 11.5. The molecule has 0 saturated heterocycles. The zero-order valence-corrected chi connectivity index (χ0v) is 13.2. The summed E-state index contributed by atoms with van der Waals surface area (Å²) < 4.78 is 4.70. The molecule has 2 N–H and O–H groups in total. The molecule has 23 heavy (non-hydrogen) atoms. The quantitative estimate of drug-likeness (QED) is 0.608. The predicted molar refractivity (Wildman–Crippen MR) is 92.6 cm³/mol. The van der Waals surface area contributed by atoms with Crippen LogP contribution in [0, 0.1) is 0 Å². The molecular weight excluding hydrogens is 290 g/mol. The van der Waals surface area contributed by atoms with Crippen molar-refractivity contribution >= 4 is 17.2 Å². The molecule has 4 nitrogen and oxygen atoms in total. The third-order valence-corrected chi connectivity index (χ3v) is 3.53. The summed E-state index contributed by atoms with van der Waals surface area (Å²) in [5, 5.41) is 12.1. The molecule has 0 atom stereocenters. The second kappa shape index (κ2) is 8.15. The molecule has 0 saturated carbocycles. The van der Waals surface area contributed by atoms with Crippen molar-refractivity contribution in [2.45, 2.75) is 6.42 Å². The number of rotatable bonds is 7. The Morgan fingerprint density at radius 1 is 1.13 bits per heavy atom. The summed E-state index contributed by atoms with van der Waals surface area (Å²) in [4.78, 5) is 11.5. The van der Waals surface area contributed by atoms with Gasteiger partial charge in [0.05, 0.1) is 12.7 Å². The summed E-state index contributed by atoms with van der Waals surface area (Å²) in [5.41, 5.74) is 4.34. The number of carbonyl (C=O) groups excluding carboxylic acids is 1. The van der Waals surface area contributed by atoms with Crippen LogP contribution in [-0.2, 0) is 4.74 Å². The maximum atomic E-state index is 11.5. The summed E-state index contributed by atoms with van der Waals surface area (Å²) in [7, 11) is 1.37. The topological polar surface area (TPSA) is 58.6 Å². The molecule has 0 bridgehead atoms. The molecule has 2 rings (SSSR count). The highest BCUT2D eigenvalue weighted by Crippen LogP contribution is 2.24. The number of anilines is 1. The highest BCUT2D eigenvalue weighted by molar-refractivity contribution is 5.90. The van der Waals surface area contributed by atoms with Crippen LogP contribution in [0.3, 0.4) is 0 Å². The van der Waals surface area contributed by atoms with Gasteiger partial charge in [0.2, 0.25) is 0 Å². The van der Waals surface area contributed by atoms with Gasteiger partial charge in [-0.15, -0.1) is 0 Å². The van der Waals surface area contributed by atoms with Crippen LogP contribution in [-0.4, -0.2) is 31.3 Å². The van der Waals surface area contributed by atoms with E-state index in [-0.39, 0.29) is 12.6 Å². The van der Waals surface area contributed by atoms with E-state index in [1.165, 1.54) is 7.11 Å². The molecule has 2 aromatic carbocycles.